The number of pyridine rings is 1. The van der Waals surface area contributed by atoms with Crippen molar-refractivity contribution in [1.29, 1.82) is 0 Å². The predicted octanol–water partition coefficient (Wildman–Crippen LogP) is 6.31. The van der Waals surface area contributed by atoms with Gasteiger partial charge in [-0.05, 0) is 78.6 Å². The fourth-order valence-corrected chi connectivity index (χ4v) is 5.14. The number of anilines is 1. The van der Waals surface area contributed by atoms with E-state index in [4.69, 9.17) is 4.98 Å². The van der Waals surface area contributed by atoms with E-state index in [1.165, 1.54) is 12.8 Å². The molecule has 1 atom stereocenters. The van der Waals surface area contributed by atoms with Gasteiger partial charge in [0, 0.05) is 43.7 Å². The summed E-state index contributed by atoms with van der Waals surface area (Å²) in [5.74, 6) is -3.01. The highest BCUT2D eigenvalue weighted by molar-refractivity contribution is 8.00. The molecule has 0 aliphatic carbocycles. The van der Waals surface area contributed by atoms with Gasteiger partial charge >= 0.3 is 0 Å². The number of benzene rings is 2. The van der Waals surface area contributed by atoms with Gasteiger partial charge in [-0.15, -0.1) is 0 Å². The van der Waals surface area contributed by atoms with Gasteiger partial charge in [0.05, 0.1) is 23.8 Å². The van der Waals surface area contributed by atoms with Gasteiger partial charge in [-0.2, -0.15) is 0 Å². The largest absolute Gasteiger partial charge is 0.329 e. The minimum atomic E-state index is -2.72. The van der Waals surface area contributed by atoms with Crippen LogP contribution in [0.25, 0.3) is 16.3 Å². The number of allylic oxidation sites excluding steroid dienone is 2. The zero-order chi connectivity index (χ0) is 26.1. The molecule has 1 aliphatic heterocycles. The number of rotatable bonds is 11. The van der Waals surface area contributed by atoms with Crippen molar-refractivity contribution in [1.82, 2.24) is 15.6 Å². The highest BCUT2D eigenvalue weighted by Gasteiger charge is 2.21. The van der Waals surface area contributed by atoms with E-state index in [1.54, 1.807) is 0 Å². The Labute approximate surface area is 222 Å². The monoisotopic (exact) mass is 523 g/mol. The van der Waals surface area contributed by atoms with Crippen LogP contribution >= 0.6 is 11.9 Å². The van der Waals surface area contributed by atoms with E-state index >= 15 is 0 Å². The Morgan fingerprint density at radius 3 is 2.81 bits per heavy atom. The molecule has 2 heterocycles. The number of fused-ring (bicyclic) bond motifs is 1. The molecule has 1 fully saturated rings. The lowest BCUT2D eigenvalue weighted by Gasteiger charge is -2.22. The van der Waals surface area contributed by atoms with Crippen LogP contribution in [0.5, 0.6) is 0 Å². The summed E-state index contributed by atoms with van der Waals surface area (Å²) in [7, 11) is 0. The Hall–Kier alpha value is -2.81. The van der Waals surface area contributed by atoms with E-state index in [0.717, 1.165) is 70.8 Å². The third kappa shape index (κ3) is 8.09. The standard InChI is InChI=1S/C29H35F2N5S/c1-21(13-16-33-20-35-23-7-5-14-32-18-23)24-10-6-15-34-28(24)17-22-11-12-27(36-37-19-29(2,30)31)26-9-4-3-8-25(22)26/h3-4,6,8-13,15-16,23,32,35-36H,5,7,14,17-20H2,1-2H3/b21-13+,33-16-. The zero-order valence-electron chi connectivity index (χ0n) is 21.4. The lowest BCUT2D eigenvalue weighted by Crippen LogP contribution is -2.43. The minimum Gasteiger partial charge on any atom is -0.329 e. The lowest BCUT2D eigenvalue weighted by atomic mass is 9.96. The van der Waals surface area contributed by atoms with Gasteiger partial charge in [0.2, 0.25) is 0 Å². The summed E-state index contributed by atoms with van der Waals surface area (Å²) in [6.45, 7) is 5.73. The van der Waals surface area contributed by atoms with Crippen molar-refractivity contribution in [2.45, 2.75) is 45.1 Å². The third-order valence-electron chi connectivity index (χ3n) is 6.39. The molecule has 37 heavy (non-hydrogen) atoms. The van der Waals surface area contributed by atoms with E-state index < -0.39 is 5.92 Å². The first-order valence-corrected chi connectivity index (χ1v) is 13.7. The van der Waals surface area contributed by atoms with Crippen LogP contribution in [0.4, 0.5) is 14.5 Å². The Morgan fingerprint density at radius 1 is 1.19 bits per heavy atom. The minimum absolute atomic E-state index is 0.289. The molecular weight excluding hydrogens is 488 g/mol. The molecule has 4 rings (SSSR count). The molecule has 0 bridgehead atoms. The number of nitrogens with zero attached hydrogens (tertiary/aromatic N) is 2. The summed E-state index contributed by atoms with van der Waals surface area (Å²) in [6, 6.07) is 16.6. The number of nitrogens with one attached hydrogen (secondary N) is 3. The van der Waals surface area contributed by atoms with E-state index in [0.29, 0.717) is 19.1 Å². The van der Waals surface area contributed by atoms with Crippen LogP contribution in [0.1, 0.15) is 43.5 Å². The molecule has 0 saturated carbocycles. The molecule has 8 heteroatoms. The topological polar surface area (TPSA) is 61.3 Å². The van der Waals surface area contributed by atoms with Gasteiger partial charge < -0.3 is 10.0 Å². The van der Waals surface area contributed by atoms with Gasteiger partial charge in [0.15, 0.2) is 0 Å². The lowest BCUT2D eigenvalue weighted by molar-refractivity contribution is 0.0493. The van der Waals surface area contributed by atoms with Crippen LogP contribution in [0.15, 0.2) is 65.8 Å². The van der Waals surface area contributed by atoms with Crippen molar-refractivity contribution >= 4 is 40.2 Å². The molecule has 0 radical (unpaired) electrons. The van der Waals surface area contributed by atoms with E-state index in [1.807, 2.05) is 48.8 Å². The molecule has 1 unspecified atom stereocenters. The summed E-state index contributed by atoms with van der Waals surface area (Å²) < 4.78 is 29.6. The SMILES string of the molecule is C/C(=C\C=N/CNC1CCCNC1)c1cccnc1Cc1ccc(NSCC(C)(F)F)c2ccccc12. The van der Waals surface area contributed by atoms with Crippen LogP contribution < -0.4 is 15.4 Å². The molecule has 3 aromatic rings. The average Bonchev–Trinajstić information content (AvgIpc) is 2.90. The first-order chi connectivity index (χ1) is 17.9. The molecule has 3 N–H and O–H groups in total. The Bertz CT molecular complexity index is 1230. The summed E-state index contributed by atoms with van der Waals surface area (Å²) in [6.07, 6.45) is 8.78. The van der Waals surface area contributed by atoms with Crippen molar-refractivity contribution in [2.24, 2.45) is 4.99 Å². The number of alkyl halides is 2. The number of aromatic nitrogens is 1. The summed E-state index contributed by atoms with van der Waals surface area (Å²) in [4.78, 5) is 9.22. The number of hydrogen-bond donors (Lipinski definition) is 3. The number of aliphatic imine (C=N–C) groups is 1. The highest BCUT2D eigenvalue weighted by Crippen LogP contribution is 2.31. The van der Waals surface area contributed by atoms with Crippen LogP contribution in [0.3, 0.4) is 0 Å². The Balaban J connectivity index is 1.47. The number of hydrogen-bond acceptors (Lipinski definition) is 6. The molecule has 1 aromatic heterocycles. The van der Waals surface area contributed by atoms with Crippen LogP contribution in [-0.2, 0) is 6.42 Å². The van der Waals surface area contributed by atoms with Crippen LogP contribution in [-0.4, -0.2) is 48.7 Å². The maximum absolute atomic E-state index is 13.3. The van der Waals surface area contributed by atoms with Gasteiger partial charge in [-0.25, -0.2) is 8.78 Å². The molecule has 5 nitrogen and oxygen atoms in total. The summed E-state index contributed by atoms with van der Waals surface area (Å²) in [5, 5.41) is 8.97. The summed E-state index contributed by atoms with van der Waals surface area (Å²) in [5.41, 5.74) is 5.15. The second kappa shape index (κ2) is 13.1. The second-order valence-electron chi connectivity index (χ2n) is 9.54. The maximum atomic E-state index is 13.3. The van der Waals surface area contributed by atoms with Crippen molar-refractivity contribution in [2.75, 3.05) is 30.2 Å². The van der Waals surface area contributed by atoms with E-state index in [2.05, 4.69) is 45.5 Å². The smallest absolute Gasteiger partial charge is 0.256 e. The molecule has 1 aliphatic rings. The number of piperidine rings is 1. The molecule has 196 valence electrons. The molecule has 0 amide bonds. The number of halogens is 2. The second-order valence-corrected chi connectivity index (χ2v) is 10.3. The van der Waals surface area contributed by atoms with Gasteiger partial charge in [0.25, 0.3) is 5.92 Å². The molecule has 0 spiro atoms. The van der Waals surface area contributed by atoms with Crippen molar-refractivity contribution in [3.63, 3.8) is 0 Å². The molecule has 2 aromatic carbocycles. The Kier molecular flexibility index (Phi) is 9.66. The zero-order valence-corrected chi connectivity index (χ0v) is 22.3. The van der Waals surface area contributed by atoms with Crippen LogP contribution in [0.2, 0.25) is 0 Å². The quantitative estimate of drug-likeness (QED) is 0.203. The highest BCUT2D eigenvalue weighted by atomic mass is 32.2. The molecular formula is C29H35F2N5S. The van der Waals surface area contributed by atoms with Crippen molar-refractivity contribution in [3.05, 3.63) is 77.6 Å². The van der Waals surface area contributed by atoms with Gasteiger partial charge in [0.1, 0.15) is 0 Å². The van der Waals surface area contributed by atoms with E-state index in [9.17, 15) is 8.78 Å². The van der Waals surface area contributed by atoms with Crippen molar-refractivity contribution < 1.29 is 8.78 Å². The molecule has 1 saturated heterocycles. The van der Waals surface area contributed by atoms with Gasteiger partial charge in [-0.3, -0.25) is 15.3 Å². The fraction of sp³-hybridized carbons (Fsp3) is 0.379. The normalized spacial score (nSPS) is 17.0. The average molecular weight is 524 g/mol. The van der Waals surface area contributed by atoms with Gasteiger partial charge in [-0.1, -0.05) is 36.4 Å². The van der Waals surface area contributed by atoms with Crippen LogP contribution in [0, 0.1) is 0 Å². The van der Waals surface area contributed by atoms with Crippen molar-refractivity contribution in [3.8, 4) is 0 Å². The first-order valence-electron chi connectivity index (χ1n) is 12.7. The maximum Gasteiger partial charge on any atom is 0.256 e. The first kappa shape index (κ1) is 27.2. The Morgan fingerprint density at radius 2 is 2.03 bits per heavy atom. The fourth-order valence-electron chi connectivity index (χ4n) is 4.48. The summed E-state index contributed by atoms with van der Waals surface area (Å²) >= 11 is 1.02. The third-order valence-corrected chi connectivity index (χ3v) is 7.41. The predicted molar refractivity (Wildman–Crippen MR) is 154 cm³/mol. The van der Waals surface area contributed by atoms with E-state index in [-0.39, 0.29) is 5.75 Å².